The van der Waals surface area contributed by atoms with E-state index in [-0.39, 0.29) is 18.2 Å². The van der Waals surface area contributed by atoms with Crippen LogP contribution in [0.1, 0.15) is 17.5 Å². The maximum atomic E-state index is 13.2. The molecule has 1 spiro atoms. The highest BCUT2D eigenvalue weighted by molar-refractivity contribution is 7.14. The number of nitriles is 1. The lowest BCUT2D eigenvalue weighted by Crippen LogP contribution is -2.44. The Bertz CT molecular complexity index is 1100. The standard InChI is InChI=1S/C19H17FN6O3S/c1-22-15(27)16(28)25-5-4-19(9-25)10-26(13-3-2-11(7-21)6-12(13)19)18(29)24-17-23-8-14(20)30-17/h2-3,6,8H,4-5,9-10H2,1H3,(H,22,27)(H,23,24,29). The number of thiazole rings is 1. The van der Waals surface area contributed by atoms with Crippen molar-refractivity contribution in [3.05, 3.63) is 40.7 Å². The highest BCUT2D eigenvalue weighted by Gasteiger charge is 2.50. The van der Waals surface area contributed by atoms with Gasteiger partial charge in [-0.25, -0.2) is 9.78 Å². The fourth-order valence-corrected chi connectivity index (χ4v) is 4.57. The van der Waals surface area contributed by atoms with Crippen LogP contribution in [0.5, 0.6) is 0 Å². The Labute approximate surface area is 175 Å². The monoisotopic (exact) mass is 428 g/mol. The molecule has 4 rings (SSSR count). The van der Waals surface area contributed by atoms with Crippen LogP contribution in [0.4, 0.5) is 20.0 Å². The summed E-state index contributed by atoms with van der Waals surface area (Å²) >= 11 is 0.719. The molecule has 4 amide bonds. The molecule has 154 valence electrons. The summed E-state index contributed by atoms with van der Waals surface area (Å²) in [5, 5.41) is 13.9. The van der Waals surface area contributed by atoms with Gasteiger partial charge in [0, 0.05) is 37.8 Å². The van der Waals surface area contributed by atoms with Crippen molar-refractivity contribution in [2.45, 2.75) is 11.8 Å². The second kappa shape index (κ2) is 7.38. The number of anilines is 2. The van der Waals surface area contributed by atoms with Gasteiger partial charge >= 0.3 is 17.8 Å². The van der Waals surface area contributed by atoms with Gasteiger partial charge in [0.1, 0.15) is 0 Å². The third-order valence-corrected chi connectivity index (χ3v) is 6.15. The van der Waals surface area contributed by atoms with E-state index in [1.165, 1.54) is 16.8 Å². The van der Waals surface area contributed by atoms with Crippen LogP contribution in [-0.2, 0) is 15.0 Å². The van der Waals surface area contributed by atoms with Crippen molar-refractivity contribution >= 4 is 40.0 Å². The Kier molecular flexibility index (Phi) is 4.87. The van der Waals surface area contributed by atoms with E-state index >= 15 is 0 Å². The first-order chi connectivity index (χ1) is 14.4. The first-order valence-electron chi connectivity index (χ1n) is 9.12. The summed E-state index contributed by atoms with van der Waals surface area (Å²) in [6.07, 6.45) is 1.56. The number of nitrogens with zero attached hydrogens (tertiary/aromatic N) is 4. The zero-order valence-electron chi connectivity index (χ0n) is 15.9. The van der Waals surface area contributed by atoms with E-state index in [0.717, 1.165) is 23.1 Å². The summed E-state index contributed by atoms with van der Waals surface area (Å²) in [7, 11) is 1.39. The molecule has 0 aliphatic carbocycles. The third kappa shape index (κ3) is 3.25. The number of benzene rings is 1. The minimum Gasteiger partial charge on any atom is -0.351 e. The molecule has 9 nitrogen and oxygen atoms in total. The lowest BCUT2D eigenvalue weighted by molar-refractivity contribution is -0.145. The summed E-state index contributed by atoms with van der Waals surface area (Å²) in [6.45, 7) is 0.862. The van der Waals surface area contributed by atoms with Crippen LogP contribution < -0.4 is 15.5 Å². The number of likely N-dealkylation sites (tertiary alicyclic amines) is 1. The molecule has 1 atom stereocenters. The van der Waals surface area contributed by atoms with Gasteiger partial charge in [-0.15, -0.1) is 0 Å². The van der Waals surface area contributed by atoms with Crippen LogP contribution in [-0.4, -0.2) is 54.4 Å². The van der Waals surface area contributed by atoms with E-state index in [9.17, 15) is 24.0 Å². The Hall–Kier alpha value is -3.52. The molecule has 0 saturated carbocycles. The number of hydrogen-bond donors (Lipinski definition) is 2. The highest BCUT2D eigenvalue weighted by atomic mass is 32.1. The van der Waals surface area contributed by atoms with E-state index in [1.807, 2.05) is 0 Å². The molecule has 1 fully saturated rings. The molecule has 1 unspecified atom stereocenters. The van der Waals surface area contributed by atoms with Crippen LogP contribution in [0.2, 0.25) is 0 Å². The molecular weight excluding hydrogens is 411 g/mol. The molecular formula is C19H17FN6O3S. The highest BCUT2D eigenvalue weighted by Crippen LogP contribution is 2.47. The number of fused-ring (bicyclic) bond motifs is 2. The Morgan fingerprint density at radius 2 is 2.13 bits per heavy atom. The number of carbonyl (C=O) groups is 3. The van der Waals surface area contributed by atoms with E-state index in [0.29, 0.717) is 24.2 Å². The van der Waals surface area contributed by atoms with Gasteiger partial charge in [0.25, 0.3) is 0 Å². The first-order valence-corrected chi connectivity index (χ1v) is 9.94. The SMILES string of the molecule is CNC(=O)C(=O)N1CCC2(C1)CN(C(=O)Nc1ncc(F)s1)c1ccc(C#N)cc12. The number of amides is 4. The summed E-state index contributed by atoms with van der Waals surface area (Å²) in [6, 6.07) is 6.64. The first kappa shape index (κ1) is 19.8. The number of hydrogen-bond acceptors (Lipinski definition) is 6. The van der Waals surface area contributed by atoms with Crippen molar-refractivity contribution in [1.29, 1.82) is 5.26 Å². The van der Waals surface area contributed by atoms with Crippen molar-refractivity contribution in [1.82, 2.24) is 15.2 Å². The number of rotatable bonds is 1. The number of nitrogens with one attached hydrogen (secondary N) is 2. The summed E-state index contributed by atoms with van der Waals surface area (Å²) in [4.78, 5) is 43.8. The fraction of sp³-hybridized carbons (Fsp3) is 0.316. The topological polar surface area (TPSA) is 118 Å². The van der Waals surface area contributed by atoms with Crippen LogP contribution in [0.25, 0.3) is 0 Å². The van der Waals surface area contributed by atoms with Gasteiger partial charge in [0.2, 0.25) is 0 Å². The van der Waals surface area contributed by atoms with Crippen molar-refractivity contribution in [3.63, 3.8) is 0 Å². The van der Waals surface area contributed by atoms with Crippen molar-refractivity contribution in [2.75, 3.05) is 36.9 Å². The molecule has 2 aromatic rings. The van der Waals surface area contributed by atoms with Crippen LogP contribution in [0.15, 0.2) is 24.4 Å². The maximum Gasteiger partial charge on any atom is 0.328 e. The number of aromatic nitrogens is 1. The molecule has 2 N–H and O–H groups in total. The maximum absolute atomic E-state index is 13.2. The largest absolute Gasteiger partial charge is 0.351 e. The molecule has 3 heterocycles. The van der Waals surface area contributed by atoms with E-state index < -0.39 is 28.4 Å². The Balaban J connectivity index is 1.65. The van der Waals surface area contributed by atoms with Gasteiger partial charge in [-0.2, -0.15) is 9.65 Å². The molecule has 1 saturated heterocycles. The smallest absolute Gasteiger partial charge is 0.328 e. The second-order valence-corrected chi connectivity index (χ2v) is 8.15. The van der Waals surface area contributed by atoms with Gasteiger partial charge in [-0.05, 0) is 30.2 Å². The molecule has 1 aromatic heterocycles. The predicted octanol–water partition coefficient (Wildman–Crippen LogP) is 1.42. The average molecular weight is 428 g/mol. The van der Waals surface area contributed by atoms with E-state index in [4.69, 9.17) is 0 Å². The predicted molar refractivity (Wildman–Crippen MR) is 107 cm³/mol. The lowest BCUT2D eigenvalue weighted by atomic mass is 9.81. The van der Waals surface area contributed by atoms with Crippen molar-refractivity contribution in [2.24, 2.45) is 0 Å². The van der Waals surface area contributed by atoms with Crippen LogP contribution in [0.3, 0.4) is 0 Å². The summed E-state index contributed by atoms with van der Waals surface area (Å²) < 4.78 is 13.2. The van der Waals surface area contributed by atoms with Gasteiger partial charge in [0.05, 0.1) is 17.8 Å². The van der Waals surface area contributed by atoms with E-state index in [2.05, 4.69) is 21.7 Å². The molecule has 0 bridgehead atoms. The zero-order chi connectivity index (χ0) is 21.5. The molecule has 1 aromatic carbocycles. The molecule has 30 heavy (non-hydrogen) atoms. The van der Waals surface area contributed by atoms with Gasteiger partial charge in [-0.1, -0.05) is 11.3 Å². The van der Waals surface area contributed by atoms with Crippen LogP contribution in [0, 0.1) is 16.5 Å². The minimum absolute atomic E-state index is 0.136. The van der Waals surface area contributed by atoms with Gasteiger partial charge in [0.15, 0.2) is 10.3 Å². The molecule has 11 heteroatoms. The Morgan fingerprint density at radius 3 is 2.80 bits per heavy atom. The summed E-state index contributed by atoms with van der Waals surface area (Å²) in [5.41, 5.74) is 1.22. The average Bonchev–Trinajstić information content (AvgIpc) is 3.45. The lowest BCUT2D eigenvalue weighted by Gasteiger charge is -2.25. The normalized spacial score (nSPS) is 19.5. The second-order valence-electron chi connectivity index (χ2n) is 7.17. The van der Waals surface area contributed by atoms with Crippen molar-refractivity contribution in [3.8, 4) is 6.07 Å². The molecule has 2 aliphatic rings. The third-order valence-electron chi connectivity index (χ3n) is 5.45. The summed E-state index contributed by atoms with van der Waals surface area (Å²) in [5.74, 6) is -1.33. The molecule has 0 radical (unpaired) electrons. The van der Waals surface area contributed by atoms with Crippen molar-refractivity contribution < 1.29 is 18.8 Å². The fourth-order valence-electron chi connectivity index (χ4n) is 4.04. The van der Waals surface area contributed by atoms with Gasteiger partial charge in [-0.3, -0.25) is 19.8 Å². The van der Waals surface area contributed by atoms with E-state index in [1.54, 1.807) is 18.2 Å². The van der Waals surface area contributed by atoms with Crippen LogP contribution >= 0.6 is 11.3 Å². The minimum atomic E-state index is -0.698. The van der Waals surface area contributed by atoms with Gasteiger partial charge < -0.3 is 10.2 Å². The molecule has 2 aliphatic heterocycles. The number of likely N-dealkylation sites (N-methyl/N-ethyl adjacent to an activating group) is 1. The number of urea groups is 1. The zero-order valence-corrected chi connectivity index (χ0v) is 16.8. The number of halogens is 1. The number of carbonyl (C=O) groups excluding carboxylic acids is 3. The quantitative estimate of drug-likeness (QED) is 0.666. The Morgan fingerprint density at radius 1 is 1.33 bits per heavy atom.